The number of hydrogen-bond acceptors (Lipinski definition) is 3. The molecule has 4 rings (SSSR count). The number of rotatable bonds is 2. The van der Waals surface area contributed by atoms with Crippen LogP contribution in [0.3, 0.4) is 0 Å². The van der Waals surface area contributed by atoms with Crippen LogP contribution < -0.4 is 0 Å². The number of nitrogens with zero attached hydrogens (tertiary/aromatic N) is 2. The zero-order chi connectivity index (χ0) is 21.8. The van der Waals surface area contributed by atoms with Crippen molar-refractivity contribution in [1.82, 2.24) is 15.0 Å². The third-order valence-corrected chi connectivity index (χ3v) is 5.06. The van der Waals surface area contributed by atoms with E-state index in [0.717, 1.165) is 6.07 Å². The Morgan fingerprint density at radius 2 is 1.73 bits per heavy atom. The van der Waals surface area contributed by atoms with Gasteiger partial charge >= 0.3 is 6.18 Å². The molecule has 4 aromatic rings. The fourth-order valence-electron chi connectivity index (χ4n) is 3.23. The SMILES string of the molecule is Cc1nc(C(C)(C)C)oc1-c1nc2c(C(F)(F)F)cc(-c3ccccc3Cl)cc2[nH]1. The van der Waals surface area contributed by atoms with Crippen molar-refractivity contribution in [3.63, 3.8) is 0 Å². The number of benzene rings is 2. The Bertz CT molecular complexity index is 1250. The molecule has 4 nitrogen and oxygen atoms in total. The third-order valence-electron chi connectivity index (χ3n) is 4.73. The van der Waals surface area contributed by atoms with Crippen LogP contribution in [-0.2, 0) is 11.6 Å². The predicted molar refractivity (Wildman–Crippen MR) is 110 cm³/mol. The highest BCUT2D eigenvalue weighted by Crippen LogP contribution is 2.40. The first-order chi connectivity index (χ1) is 13.9. The molecule has 8 heteroatoms. The Labute approximate surface area is 176 Å². The van der Waals surface area contributed by atoms with Gasteiger partial charge in [-0.2, -0.15) is 13.2 Å². The maximum Gasteiger partial charge on any atom is 0.418 e. The number of alkyl halides is 3. The molecule has 30 heavy (non-hydrogen) atoms. The second-order valence-electron chi connectivity index (χ2n) is 8.17. The van der Waals surface area contributed by atoms with Gasteiger partial charge in [0.25, 0.3) is 0 Å². The molecule has 0 atom stereocenters. The number of aromatic nitrogens is 3. The Morgan fingerprint density at radius 3 is 2.33 bits per heavy atom. The number of oxazole rings is 1. The summed E-state index contributed by atoms with van der Waals surface area (Å²) in [7, 11) is 0. The van der Waals surface area contributed by atoms with Crippen molar-refractivity contribution in [2.24, 2.45) is 0 Å². The van der Waals surface area contributed by atoms with Gasteiger partial charge in [-0.15, -0.1) is 0 Å². The summed E-state index contributed by atoms with van der Waals surface area (Å²) in [6, 6.07) is 9.45. The van der Waals surface area contributed by atoms with Gasteiger partial charge < -0.3 is 9.40 Å². The van der Waals surface area contributed by atoms with Gasteiger partial charge in [0.2, 0.25) is 5.89 Å². The second-order valence-corrected chi connectivity index (χ2v) is 8.57. The highest BCUT2D eigenvalue weighted by Gasteiger charge is 2.35. The molecule has 156 valence electrons. The van der Waals surface area contributed by atoms with Crippen molar-refractivity contribution in [3.8, 4) is 22.7 Å². The molecule has 0 spiro atoms. The molecule has 0 aliphatic carbocycles. The van der Waals surface area contributed by atoms with Crippen LogP contribution in [-0.4, -0.2) is 15.0 Å². The fraction of sp³-hybridized carbons (Fsp3) is 0.273. The molecule has 0 unspecified atom stereocenters. The molecule has 1 N–H and O–H groups in total. The van der Waals surface area contributed by atoms with Crippen LogP contribution in [0.2, 0.25) is 5.02 Å². The van der Waals surface area contributed by atoms with Crippen LogP contribution in [0, 0.1) is 6.92 Å². The summed E-state index contributed by atoms with van der Waals surface area (Å²) >= 11 is 6.21. The van der Waals surface area contributed by atoms with Crippen molar-refractivity contribution < 1.29 is 17.6 Å². The zero-order valence-corrected chi connectivity index (χ0v) is 17.5. The number of halogens is 4. The van der Waals surface area contributed by atoms with Crippen LogP contribution in [0.15, 0.2) is 40.8 Å². The van der Waals surface area contributed by atoms with Crippen molar-refractivity contribution in [1.29, 1.82) is 0 Å². The molecule has 2 aromatic carbocycles. The molecule has 0 amide bonds. The van der Waals surface area contributed by atoms with Crippen molar-refractivity contribution in [2.45, 2.75) is 39.3 Å². The van der Waals surface area contributed by atoms with E-state index in [4.69, 9.17) is 16.0 Å². The fourth-order valence-corrected chi connectivity index (χ4v) is 3.47. The molecule has 0 radical (unpaired) electrons. The van der Waals surface area contributed by atoms with Crippen LogP contribution in [0.25, 0.3) is 33.7 Å². The summed E-state index contributed by atoms with van der Waals surface area (Å²) in [6.45, 7) is 7.57. The summed E-state index contributed by atoms with van der Waals surface area (Å²) in [5.41, 5.74) is 0.284. The molecule has 0 bridgehead atoms. The third kappa shape index (κ3) is 3.58. The normalized spacial score (nSPS) is 12.7. The van der Waals surface area contributed by atoms with Crippen LogP contribution in [0.5, 0.6) is 0 Å². The molecule has 0 aliphatic rings. The number of H-pyrrole nitrogens is 1. The molecule has 0 aliphatic heterocycles. The molecular formula is C22H19ClF3N3O. The maximum atomic E-state index is 13.8. The quantitative estimate of drug-likeness (QED) is 0.364. The first-order valence-electron chi connectivity index (χ1n) is 9.29. The average Bonchev–Trinajstić information content (AvgIpc) is 3.23. The summed E-state index contributed by atoms with van der Waals surface area (Å²) in [6.07, 6.45) is -4.59. The lowest BCUT2D eigenvalue weighted by Crippen LogP contribution is -2.11. The predicted octanol–water partition coefficient (Wildman–Crippen LogP) is 7.16. The lowest BCUT2D eigenvalue weighted by atomic mass is 9.97. The largest absolute Gasteiger partial charge is 0.437 e. The minimum absolute atomic E-state index is 0.179. The number of imidazole rings is 1. The van der Waals surface area contributed by atoms with E-state index in [1.807, 2.05) is 20.8 Å². The zero-order valence-electron chi connectivity index (χ0n) is 16.8. The van der Waals surface area contributed by atoms with Crippen LogP contribution in [0.1, 0.15) is 37.9 Å². The number of nitrogens with one attached hydrogen (secondary N) is 1. The van der Waals surface area contributed by atoms with Gasteiger partial charge in [0.1, 0.15) is 5.52 Å². The minimum Gasteiger partial charge on any atom is -0.437 e. The van der Waals surface area contributed by atoms with E-state index in [9.17, 15) is 13.2 Å². The van der Waals surface area contributed by atoms with Crippen LogP contribution in [0.4, 0.5) is 13.2 Å². The van der Waals surface area contributed by atoms with E-state index < -0.39 is 11.7 Å². The van der Waals surface area contributed by atoms with Gasteiger partial charge in [0.05, 0.1) is 16.8 Å². The highest BCUT2D eigenvalue weighted by molar-refractivity contribution is 6.33. The first kappa shape index (κ1) is 20.5. The summed E-state index contributed by atoms with van der Waals surface area (Å²) in [4.78, 5) is 11.6. The molecule has 0 fully saturated rings. The number of fused-ring (bicyclic) bond motifs is 1. The Kier molecular flexibility index (Phi) is 4.69. The Morgan fingerprint density at radius 1 is 1.03 bits per heavy atom. The molecule has 0 saturated carbocycles. The van der Waals surface area contributed by atoms with Gasteiger partial charge in [-0.1, -0.05) is 50.6 Å². The van der Waals surface area contributed by atoms with Gasteiger partial charge in [-0.25, -0.2) is 9.97 Å². The lowest BCUT2D eigenvalue weighted by Gasteiger charge is -2.11. The summed E-state index contributed by atoms with van der Waals surface area (Å²) in [5, 5.41) is 0.366. The summed E-state index contributed by atoms with van der Waals surface area (Å²) in [5.74, 6) is 1.01. The molecule has 2 aromatic heterocycles. The Balaban J connectivity index is 1.95. The van der Waals surface area contributed by atoms with Gasteiger partial charge in [-0.05, 0) is 30.7 Å². The monoisotopic (exact) mass is 433 g/mol. The van der Waals surface area contributed by atoms with Crippen molar-refractivity contribution in [3.05, 3.63) is 58.6 Å². The average molecular weight is 434 g/mol. The van der Waals surface area contributed by atoms with Crippen molar-refractivity contribution >= 4 is 22.6 Å². The number of hydrogen-bond donors (Lipinski definition) is 1. The smallest absolute Gasteiger partial charge is 0.418 e. The Hall–Kier alpha value is -2.80. The lowest BCUT2D eigenvalue weighted by molar-refractivity contribution is -0.136. The minimum atomic E-state index is -4.59. The number of aryl methyl sites for hydroxylation is 1. The van der Waals surface area contributed by atoms with Gasteiger partial charge in [0, 0.05) is 16.0 Å². The molecule has 0 saturated heterocycles. The first-order valence-corrected chi connectivity index (χ1v) is 9.67. The standard InChI is InChI=1S/C22H19ClF3N3O/c1-11-18(30-20(27-11)21(2,3)4)19-28-16-10-12(13-7-5-6-8-15(13)23)9-14(17(16)29-19)22(24,25)26/h5-10H,1-4H3,(H,28,29). The highest BCUT2D eigenvalue weighted by atomic mass is 35.5. The van der Waals surface area contributed by atoms with Gasteiger partial charge in [-0.3, -0.25) is 0 Å². The van der Waals surface area contributed by atoms with Gasteiger partial charge in [0.15, 0.2) is 11.6 Å². The van der Waals surface area contributed by atoms with E-state index in [1.165, 1.54) is 0 Å². The van der Waals surface area contributed by atoms with E-state index in [0.29, 0.717) is 33.5 Å². The van der Waals surface area contributed by atoms with Crippen molar-refractivity contribution in [2.75, 3.05) is 0 Å². The van der Waals surface area contributed by atoms with E-state index in [2.05, 4.69) is 15.0 Å². The molecule has 2 heterocycles. The van der Waals surface area contributed by atoms with E-state index in [1.54, 1.807) is 37.3 Å². The second kappa shape index (κ2) is 6.87. The van der Waals surface area contributed by atoms with E-state index >= 15 is 0 Å². The van der Waals surface area contributed by atoms with Crippen LogP contribution >= 0.6 is 11.6 Å². The topological polar surface area (TPSA) is 54.7 Å². The van der Waals surface area contributed by atoms with E-state index in [-0.39, 0.29) is 22.3 Å². The molecular weight excluding hydrogens is 415 g/mol. The maximum absolute atomic E-state index is 13.8. The summed E-state index contributed by atoms with van der Waals surface area (Å²) < 4.78 is 47.4. The number of aromatic amines is 1.